The number of benzene rings is 3. The summed E-state index contributed by atoms with van der Waals surface area (Å²) < 4.78 is 11.0. The largest absolute Gasteiger partial charge is 0.497 e. The molecule has 1 heterocycles. The van der Waals surface area contributed by atoms with Crippen molar-refractivity contribution in [3.8, 4) is 17.2 Å². The summed E-state index contributed by atoms with van der Waals surface area (Å²) >= 11 is 6.28. The van der Waals surface area contributed by atoms with Gasteiger partial charge < -0.3 is 14.5 Å². The molecule has 4 rings (SSSR count). The number of anilines is 1. The number of halogens is 1. The first-order valence-corrected chi connectivity index (χ1v) is 9.04. The number of rotatable bonds is 4. The zero-order valence-corrected chi connectivity index (χ0v) is 16.1. The van der Waals surface area contributed by atoms with E-state index in [0.717, 1.165) is 16.6 Å². The summed E-state index contributed by atoms with van der Waals surface area (Å²) in [6.07, 6.45) is 0. The van der Waals surface area contributed by atoms with Gasteiger partial charge in [0.05, 0.1) is 17.8 Å². The Morgan fingerprint density at radius 2 is 1.86 bits per heavy atom. The van der Waals surface area contributed by atoms with Gasteiger partial charge in [0, 0.05) is 11.1 Å². The Morgan fingerprint density at radius 1 is 1.07 bits per heavy atom. The second kappa shape index (κ2) is 7.37. The Bertz CT molecular complexity index is 1170. The number of amides is 1. The van der Waals surface area contributed by atoms with Crippen molar-refractivity contribution in [3.05, 3.63) is 76.8 Å². The molecule has 1 N–H and O–H groups in total. The number of oxazole rings is 1. The number of ether oxygens (including phenoxy) is 1. The lowest BCUT2D eigenvalue weighted by Gasteiger charge is -2.09. The van der Waals surface area contributed by atoms with Gasteiger partial charge in [-0.05, 0) is 67.1 Å². The fourth-order valence-electron chi connectivity index (χ4n) is 2.85. The number of methoxy groups -OCH3 is 1. The van der Waals surface area contributed by atoms with Crippen molar-refractivity contribution in [1.29, 1.82) is 0 Å². The third-order valence-corrected chi connectivity index (χ3v) is 4.69. The molecule has 0 aliphatic heterocycles. The Labute approximate surface area is 166 Å². The summed E-state index contributed by atoms with van der Waals surface area (Å²) in [7, 11) is 1.58. The predicted octanol–water partition coefficient (Wildman–Crippen LogP) is 5.72. The molecule has 0 aliphatic carbocycles. The quantitative estimate of drug-likeness (QED) is 0.482. The van der Waals surface area contributed by atoms with Gasteiger partial charge in [0.25, 0.3) is 5.91 Å². The minimum atomic E-state index is -0.269. The van der Waals surface area contributed by atoms with Crippen molar-refractivity contribution < 1.29 is 13.9 Å². The molecule has 0 radical (unpaired) electrons. The number of carbonyl (C=O) groups is 1. The summed E-state index contributed by atoms with van der Waals surface area (Å²) in [5.41, 5.74) is 4.30. The van der Waals surface area contributed by atoms with E-state index in [1.54, 1.807) is 43.5 Å². The lowest BCUT2D eigenvalue weighted by molar-refractivity contribution is 0.102. The van der Waals surface area contributed by atoms with Gasteiger partial charge in [-0.25, -0.2) is 4.98 Å². The van der Waals surface area contributed by atoms with E-state index >= 15 is 0 Å². The number of aromatic nitrogens is 1. The summed E-state index contributed by atoms with van der Waals surface area (Å²) in [6.45, 7) is 2.00. The molecule has 4 aromatic rings. The van der Waals surface area contributed by atoms with Crippen molar-refractivity contribution in [3.63, 3.8) is 0 Å². The molecule has 1 amide bonds. The van der Waals surface area contributed by atoms with E-state index in [4.69, 9.17) is 20.8 Å². The molecule has 0 aliphatic rings. The Kier molecular flexibility index (Phi) is 4.75. The maximum atomic E-state index is 12.5. The molecular formula is C22H17ClN2O3. The summed E-state index contributed by atoms with van der Waals surface area (Å²) in [4.78, 5) is 17.1. The van der Waals surface area contributed by atoms with Crippen LogP contribution in [0.25, 0.3) is 22.6 Å². The number of nitrogens with one attached hydrogen (secondary N) is 1. The Morgan fingerprint density at radius 3 is 2.61 bits per heavy atom. The third-order valence-electron chi connectivity index (χ3n) is 4.36. The van der Waals surface area contributed by atoms with Crippen molar-refractivity contribution >= 4 is 34.3 Å². The van der Waals surface area contributed by atoms with Crippen LogP contribution < -0.4 is 10.1 Å². The molecule has 0 atom stereocenters. The minimum absolute atomic E-state index is 0.269. The normalized spacial score (nSPS) is 10.8. The predicted molar refractivity (Wildman–Crippen MR) is 110 cm³/mol. The molecule has 5 nitrogen and oxygen atoms in total. The lowest BCUT2D eigenvalue weighted by Crippen LogP contribution is -2.12. The molecular weight excluding hydrogens is 376 g/mol. The second-order valence-electron chi connectivity index (χ2n) is 6.37. The highest BCUT2D eigenvalue weighted by molar-refractivity contribution is 6.34. The van der Waals surface area contributed by atoms with Crippen LogP contribution in [0.5, 0.6) is 5.75 Å². The first-order valence-electron chi connectivity index (χ1n) is 8.66. The number of carbonyl (C=O) groups excluding carboxylic acids is 1. The average Bonchev–Trinajstić information content (AvgIpc) is 3.12. The zero-order chi connectivity index (χ0) is 19.7. The summed E-state index contributed by atoms with van der Waals surface area (Å²) in [5.74, 6) is 0.884. The fraction of sp³-hybridized carbons (Fsp3) is 0.0909. The van der Waals surface area contributed by atoms with E-state index in [2.05, 4.69) is 10.3 Å². The monoisotopic (exact) mass is 392 g/mol. The maximum absolute atomic E-state index is 12.5. The van der Waals surface area contributed by atoms with Crippen LogP contribution >= 0.6 is 11.6 Å². The molecule has 3 aromatic carbocycles. The third kappa shape index (κ3) is 3.57. The second-order valence-corrected chi connectivity index (χ2v) is 6.77. The van der Waals surface area contributed by atoms with Crippen LogP contribution in [0.4, 0.5) is 5.69 Å². The van der Waals surface area contributed by atoms with E-state index in [-0.39, 0.29) is 5.91 Å². The van der Waals surface area contributed by atoms with Gasteiger partial charge in [0.15, 0.2) is 5.58 Å². The van der Waals surface area contributed by atoms with Crippen LogP contribution in [0.15, 0.2) is 65.1 Å². The standard InChI is InChI=1S/C22H17ClN2O3/c1-13-3-10-18-20(11-13)28-22(25-18)15-6-9-17(23)19(12-15)24-21(26)14-4-7-16(27-2)8-5-14/h3-12H,1-2H3,(H,24,26). The van der Waals surface area contributed by atoms with E-state index < -0.39 is 0 Å². The van der Waals surface area contributed by atoms with Crippen LogP contribution in [0.1, 0.15) is 15.9 Å². The number of fused-ring (bicyclic) bond motifs is 1. The first-order chi connectivity index (χ1) is 13.5. The number of nitrogens with zero attached hydrogens (tertiary/aromatic N) is 1. The molecule has 28 heavy (non-hydrogen) atoms. The lowest BCUT2D eigenvalue weighted by atomic mass is 10.1. The molecule has 0 fully saturated rings. The van der Waals surface area contributed by atoms with E-state index in [1.807, 2.05) is 31.2 Å². The van der Waals surface area contributed by atoms with E-state index in [1.165, 1.54) is 0 Å². The molecule has 0 saturated heterocycles. The highest BCUT2D eigenvalue weighted by atomic mass is 35.5. The highest BCUT2D eigenvalue weighted by Crippen LogP contribution is 2.31. The van der Waals surface area contributed by atoms with Gasteiger partial charge in [-0.3, -0.25) is 4.79 Å². The van der Waals surface area contributed by atoms with Crippen molar-refractivity contribution in [2.24, 2.45) is 0 Å². The Hall–Kier alpha value is -3.31. The molecule has 0 saturated carbocycles. The van der Waals surface area contributed by atoms with Crippen molar-refractivity contribution in [2.45, 2.75) is 6.92 Å². The summed E-state index contributed by atoms with van der Waals surface area (Å²) in [5, 5.41) is 3.26. The molecule has 0 bridgehead atoms. The van der Waals surface area contributed by atoms with E-state index in [9.17, 15) is 4.79 Å². The number of hydrogen-bond donors (Lipinski definition) is 1. The van der Waals surface area contributed by atoms with Crippen LogP contribution in [-0.2, 0) is 0 Å². The summed E-state index contributed by atoms with van der Waals surface area (Å²) in [6, 6.07) is 17.9. The fourth-order valence-corrected chi connectivity index (χ4v) is 3.01. The van der Waals surface area contributed by atoms with E-state index in [0.29, 0.717) is 33.5 Å². The SMILES string of the molecule is COc1ccc(C(=O)Nc2cc(-c3nc4ccc(C)cc4o3)ccc2Cl)cc1. The van der Waals surface area contributed by atoms with Gasteiger partial charge in [-0.2, -0.15) is 0 Å². The first kappa shape index (κ1) is 18.1. The number of hydrogen-bond acceptors (Lipinski definition) is 4. The molecule has 140 valence electrons. The van der Waals surface area contributed by atoms with Crippen LogP contribution in [-0.4, -0.2) is 18.0 Å². The molecule has 1 aromatic heterocycles. The Balaban J connectivity index is 1.63. The molecule has 6 heteroatoms. The molecule has 0 unspecified atom stereocenters. The van der Waals surface area contributed by atoms with Crippen LogP contribution in [0, 0.1) is 6.92 Å². The number of aryl methyl sites for hydroxylation is 1. The van der Waals surface area contributed by atoms with Gasteiger partial charge in [-0.15, -0.1) is 0 Å². The van der Waals surface area contributed by atoms with Gasteiger partial charge in [0.1, 0.15) is 11.3 Å². The van der Waals surface area contributed by atoms with Gasteiger partial charge in [-0.1, -0.05) is 17.7 Å². The van der Waals surface area contributed by atoms with Crippen LogP contribution in [0.3, 0.4) is 0 Å². The van der Waals surface area contributed by atoms with Crippen molar-refractivity contribution in [2.75, 3.05) is 12.4 Å². The minimum Gasteiger partial charge on any atom is -0.497 e. The zero-order valence-electron chi connectivity index (χ0n) is 15.3. The molecule has 0 spiro atoms. The van der Waals surface area contributed by atoms with Crippen LogP contribution in [0.2, 0.25) is 5.02 Å². The maximum Gasteiger partial charge on any atom is 0.255 e. The van der Waals surface area contributed by atoms with Gasteiger partial charge in [0.2, 0.25) is 5.89 Å². The topological polar surface area (TPSA) is 64.4 Å². The average molecular weight is 393 g/mol. The smallest absolute Gasteiger partial charge is 0.255 e. The van der Waals surface area contributed by atoms with Gasteiger partial charge >= 0.3 is 0 Å². The highest BCUT2D eigenvalue weighted by Gasteiger charge is 2.13. The van der Waals surface area contributed by atoms with Crippen molar-refractivity contribution in [1.82, 2.24) is 4.98 Å².